The third kappa shape index (κ3) is 0.943. The van der Waals surface area contributed by atoms with Gasteiger partial charge in [-0.15, -0.1) is 0 Å². The van der Waals surface area contributed by atoms with Gasteiger partial charge in [-0.3, -0.25) is 4.79 Å². The minimum Gasteiger partial charge on any atom is -0.355 e. The molecule has 0 aromatic carbocycles. The fourth-order valence-electron chi connectivity index (χ4n) is 0.961. The zero-order chi connectivity index (χ0) is 6.85. The lowest BCUT2D eigenvalue weighted by Crippen LogP contribution is -2.20. The molecule has 50 valence electrons. The summed E-state index contributed by atoms with van der Waals surface area (Å²) in [5, 5.41) is 2.60. The Morgan fingerprint density at radius 3 is 2.67 bits per heavy atom. The molecule has 0 spiro atoms. The largest absolute Gasteiger partial charge is 0.355 e. The normalized spacial score (nSPS) is 34.1. The smallest absolute Gasteiger partial charge is 0.230 e. The first-order valence-corrected chi connectivity index (χ1v) is 2.98. The van der Waals surface area contributed by atoms with Crippen molar-refractivity contribution in [2.45, 2.75) is 6.92 Å². The molecule has 1 rings (SSSR count). The van der Waals surface area contributed by atoms with Crippen molar-refractivity contribution in [2.75, 3.05) is 6.54 Å². The molecule has 1 aliphatic rings. The van der Waals surface area contributed by atoms with Gasteiger partial charge in [0, 0.05) is 6.54 Å². The van der Waals surface area contributed by atoms with Crippen LogP contribution in [-0.2, 0) is 9.59 Å². The second-order valence-electron chi connectivity index (χ2n) is 2.38. The highest BCUT2D eigenvalue weighted by Gasteiger charge is 2.30. The molecular formula is C6H9NO2. The van der Waals surface area contributed by atoms with E-state index in [1.807, 2.05) is 6.92 Å². The molecule has 9 heavy (non-hydrogen) atoms. The first-order valence-electron chi connectivity index (χ1n) is 2.98. The zero-order valence-electron chi connectivity index (χ0n) is 5.26. The molecule has 1 saturated heterocycles. The molecule has 0 aromatic rings. The lowest BCUT2D eigenvalue weighted by molar-refractivity contribution is -0.127. The van der Waals surface area contributed by atoms with Crippen LogP contribution in [0.2, 0.25) is 0 Å². The summed E-state index contributed by atoms with van der Waals surface area (Å²) in [6, 6.07) is 0. The lowest BCUT2D eigenvalue weighted by atomic mass is 10.00. The van der Waals surface area contributed by atoms with Crippen molar-refractivity contribution in [3.63, 3.8) is 0 Å². The van der Waals surface area contributed by atoms with Crippen LogP contribution in [0, 0.1) is 11.8 Å². The standard InChI is InChI=1S/C6H9NO2/c1-4-2-7-6(9)5(4)3-8/h3-5H,2H2,1H3,(H,7,9). The van der Waals surface area contributed by atoms with E-state index in [9.17, 15) is 9.59 Å². The number of hydrogen-bond acceptors (Lipinski definition) is 2. The maximum Gasteiger partial charge on any atom is 0.230 e. The molecule has 1 amide bonds. The number of carbonyl (C=O) groups excluding carboxylic acids is 2. The fourth-order valence-corrected chi connectivity index (χ4v) is 0.961. The molecule has 3 nitrogen and oxygen atoms in total. The van der Waals surface area contributed by atoms with E-state index >= 15 is 0 Å². The fraction of sp³-hybridized carbons (Fsp3) is 0.667. The molecule has 0 radical (unpaired) electrons. The van der Waals surface area contributed by atoms with Crippen molar-refractivity contribution in [1.82, 2.24) is 5.32 Å². The summed E-state index contributed by atoms with van der Waals surface area (Å²) in [5.74, 6) is -0.350. The third-order valence-corrected chi connectivity index (χ3v) is 1.66. The van der Waals surface area contributed by atoms with Crippen molar-refractivity contribution in [2.24, 2.45) is 11.8 Å². The van der Waals surface area contributed by atoms with E-state index in [4.69, 9.17) is 0 Å². The molecular weight excluding hydrogens is 118 g/mol. The van der Waals surface area contributed by atoms with Gasteiger partial charge in [-0.05, 0) is 5.92 Å². The Bertz CT molecular complexity index is 144. The Balaban J connectivity index is 2.65. The first kappa shape index (κ1) is 6.26. The van der Waals surface area contributed by atoms with Crippen LogP contribution in [0.1, 0.15) is 6.92 Å². The summed E-state index contributed by atoms with van der Waals surface area (Å²) in [7, 11) is 0. The molecule has 2 atom stereocenters. The molecule has 1 aliphatic heterocycles. The second-order valence-corrected chi connectivity index (χ2v) is 2.38. The Morgan fingerprint density at radius 2 is 2.44 bits per heavy atom. The minimum atomic E-state index is -0.398. The lowest BCUT2D eigenvalue weighted by Gasteiger charge is -1.99. The van der Waals surface area contributed by atoms with Crippen LogP contribution in [0.5, 0.6) is 0 Å². The number of rotatable bonds is 1. The van der Waals surface area contributed by atoms with Gasteiger partial charge in [0.25, 0.3) is 0 Å². The van der Waals surface area contributed by atoms with Gasteiger partial charge < -0.3 is 10.1 Å². The van der Waals surface area contributed by atoms with Crippen LogP contribution in [0.3, 0.4) is 0 Å². The maximum absolute atomic E-state index is 10.7. The molecule has 0 aromatic heterocycles. The van der Waals surface area contributed by atoms with Crippen LogP contribution < -0.4 is 5.32 Å². The van der Waals surface area contributed by atoms with Gasteiger partial charge >= 0.3 is 0 Å². The van der Waals surface area contributed by atoms with Crippen molar-refractivity contribution < 1.29 is 9.59 Å². The van der Waals surface area contributed by atoms with E-state index in [1.54, 1.807) is 0 Å². The quantitative estimate of drug-likeness (QED) is 0.383. The SMILES string of the molecule is CC1CNC(=O)C1C=O. The number of nitrogens with one attached hydrogen (secondary N) is 1. The van der Waals surface area contributed by atoms with E-state index < -0.39 is 5.92 Å². The van der Waals surface area contributed by atoms with Crippen molar-refractivity contribution in [3.05, 3.63) is 0 Å². The molecule has 1 fully saturated rings. The van der Waals surface area contributed by atoms with Gasteiger partial charge in [-0.2, -0.15) is 0 Å². The average molecular weight is 127 g/mol. The number of carbonyl (C=O) groups is 2. The maximum atomic E-state index is 10.7. The van der Waals surface area contributed by atoms with E-state index in [-0.39, 0.29) is 11.8 Å². The number of hydrogen-bond donors (Lipinski definition) is 1. The van der Waals surface area contributed by atoms with Crippen LogP contribution >= 0.6 is 0 Å². The molecule has 0 bridgehead atoms. The van der Waals surface area contributed by atoms with Crippen molar-refractivity contribution in [3.8, 4) is 0 Å². The summed E-state index contributed by atoms with van der Waals surface area (Å²) in [6.07, 6.45) is 0.715. The van der Waals surface area contributed by atoms with Gasteiger partial charge in [0.15, 0.2) is 0 Å². The van der Waals surface area contributed by atoms with E-state index in [1.165, 1.54) is 0 Å². The number of amides is 1. The third-order valence-electron chi connectivity index (χ3n) is 1.66. The second kappa shape index (κ2) is 2.17. The van der Waals surface area contributed by atoms with Gasteiger partial charge in [0.2, 0.25) is 5.91 Å². The highest BCUT2D eigenvalue weighted by atomic mass is 16.2. The summed E-state index contributed by atoms with van der Waals surface area (Å²) >= 11 is 0. The molecule has 0 aliphatic carbocycles. The Morgan fingerprint density at radius 1 is 1.78 bits per heavy atom. The Kier molecular flexibility index (Phi) is 1.51. The molecule has 1 heterocycles. The van der Waals surface area contributed by atoms with Crippen LogP contribution in [0.4, 0.5) is 0 Å². The summed E-state index contributed by atoms with van der Waals surface area (Å²) in [4.78, 5) is 20.8. The van der Waals surface area contributed by atoms with Gasteiger partial charge in [0.1, 0.15) is 6.29 Å². The van der Waals surface area contributed by atoms with Gasteiger partial charge in [-0.1, -0.05) is 6.92 Å². The Labute approximate surface area is 53.4 Å². The first-order chi connectivity index (χ1) is 4.25. The molecule has 2 unspecified atom stereocenters. The topological polar surface area (TPSA) is 46.2 Å². The zero-order valence-corrected chi connectivity index (χ0v) is 5.26. The van der Waals surface area contributed by atoms with Gasteiger partial charge in [0.05, 0.1) is 5.92 Å². The molecule has 0 saturated carbocycles. The highest BCUT2D eigenvalue weighted by Crippen LogP contribution is 2.13. The van der Waals surface area contributed by atoms with Gasteiger partial charge in [-0.25, -0.2) is 0 Å². The van der Waals surface area contributed by atoms with Crippen molar-refractivity contribution >= 4 is 12.2 Å². The summed E-state index contributed by atoms with van der Waals surface area (Å²) in [6.45, 7) is 2.53. The summed E-state index contributed by atoms with van der Waals surface area (Å²) < 4.78 is 0. The minimum absolute atomic E-state index is 0.127. The molecule has 1 N–H and O–H groups in total. The molecule has 3 heteroatoms. The predicted octanol–water partition coefficient (Wildman–Crippen LogP) is -0.433. The van der Waals surface area contributed by atoms with Crippen molar-refractivity contribution in [1.29, 1.82) is 0 Å². The predicted molar refractivity (Wildman–Crippen MR) is 31.7 cm³/mol. The van der Waals surface area contributed by atoms with E-state index in [2.05, 4.69) is 5.32 Å². The average Bonchev–Trinajstić information content (AvgIpc) is 2.12. The number of aldehydes is 1. The van der Waals surface area contributed by atoms with E-state index in [0.29, 0.717) is 12.8 Å². The summed E-state index contributed by atoms with van der Waals surface area (Å²) in [5.41, 5.74) is 0. The van der Waals surface area contributed by atoms with Crippen LogP contribution in [0.25, 0.3) is 0 Å². The van der Waals surface area contributed by atoms with E-state index in [0.717, 1.165) is 0 Å². The monoisotopic (exact) mass is 127 g/mol. The Hall–Kier alpha value is -0.860. The van der Waals surface area contributed by atoms with Crippen LogP contribution in [-0.4, -0.2) is 18.7 Å². The van der Waals surface area contributed by atoms with Crippen LogP contribution in [0.15, 0.2) is 0 Å². The highest BCUT2D eigenvalue weighted by molar-refractivity contribution is 5.93.